The van der Waals surface area contributed by atoms with Crippen LogP contribution in [0.15, 0.2) is 97.1 Å². The van der Waals surface area contributed by atoms with Gasteiger partial charge in [0.05, 0.1) is 0 Å². The molecule has 0 radical (unpaired) electrons. The first-order chi connectivity index (χ1) is 22.3. The first-order valence-electron chi connectivity index (χ1n) is 18.1. The van der Waals surface area contributed by atoms with Crippen molar-refractivity contribution in [1.82, 2.24) is 0 Å². The monoisotopic (exact) mass is 778 g/mol. The zero-order chi connectivity index (χ0) is 34.4. The van der Waals surface area contributed by atoms with Gasteiger partial charge in [0.25, 0.3) is 0 Å². The average molecular weight is 781 g/mol. The van der Waals surface area contributed by atoms with Crippen LogP contribution in [0.4, 0.5) is 0 Å². The first kappa shape index (κ1) is 37.2. The van der Waals surface area contributed by atoms with Crippen LogP contribution in [0.3, 0.4) is 0 Å². The molecule has 260 valence electrons. The van der Waals surface area contributed by atoms with Crippen LogP contribution >= 0.6 is 24.8 Å². The van der Waals surface area contributed by atoms with E-state index in [1.165, 1.54) is 75.3 Å². The van der Waals surface area contributed by atoms with Crippen LogP contribution in [0.5, 0.6) is 0 Å². The molecule has 0 aliphatic heterocycles. The number of rotatable bonds is 3. The van der Waals surface area contributed by atoms with E-state index in [1.54, 1.807) is 6.56 Å². The quantitative estimate of drug-likeness (QED) is 0.171. The summed E-state index contributed by atoms with van der Waals surface area (Å²) < 4.78 is 13.0. The number of hydrogen-bond acceptors (Lipinski definition) is 0. The normalized spacial score (nSPS) is 19.9. The zero-order valence-corrected chi connectivity index (χ0v) is 36.0. The van der Waals surface area contributed by atoms with E-state index in [0.717, 1.165) is 6.42 Å². The molecule has 50 heavy (non-hydrogen) atoms. The number of benzene rings is 4. The fourth-order valence-corrected chi connectivity index (χ4v) is 27.6. The summed E-state index contributed by atoms with van der Waals surface area (Å²) in [4.78, 5) is 0. The van der Waals surface area contributed by atoms with E-state index in [2.05, 4.69) is 159 Å². The maximum absolute atomic E-state index is 5.66. The van der Waals surface area contributed by atoms with Gasteiger partial charge in [-0.2, -0.15) is 0 Å². The summed E-state index contributed by atoms with van der Waals surface area (Å²) in [6.07, 6.45) is 8.62. The van der Waals surface area contributed by atoms with Crippen LogP contribution in [0.25, 0.3) is 33.0 Å². The van der Waals surface area contributed by atoms with Gasteiger partial charge >= 0.3 is 292 Å². The summed E-state index contributed by atoms with van der Waals surface area (Å²) in [5.74, 6) is 0.359. The Balaban J connectivity index is 0.00000216. The standard InChI is InChI=1S/C25H25.C10H7.C10H15.CH3.CH2.2ClH.Zr/c1-14-12-24(3,4)22-8-16-7-17-9-23-19(15(2)13-25(23,5)6)11-21(17)20(16)10-18(14)22;1-2-6-10-8-4-3-7-9(10)5-1;1-8-5-6-9(7-8)10(2,3)4;;;;;/h8-12H,7H2,1-6H3;1-3,5-8H;6-8H,1-4H3;1H3;1H2;2*1H;. The molecule has 8 rings (SSSR count). The van der Waals surface area contributed by atoms with E-state index in [4.69, 9.17) is 4.21 Å². The summed E-state index contributed by atoms with van der Waals surface area (Å²) in [6, 6.07) is 26.4. The molecule has 4 aliphatic rings. The molecule has 0 N–H and O–H groups in total. The minimum absolute atomic E-state index is 0. The molecule has 0 amide bonds. The summed E-state index contributed by atoms with van der Waals surface area (Å²) >= 11 is -4.50. The second kappa shape index (κ2) is 11.5. The topological polar surface area (TPSA) is 0 Å². The van der Waals surface area contributed by atoms with Gasteiger partial charge in [-0.05, 0) is 0 Å². The van der Waals surface area contributed by atoms with Crippen LogP contribution in [0.1, 0.15) is 103 Å². The van der Waals surface area contributed by atoms with Gasteiger partial charge in [0.1, 0.15) is 0 Å². The molecule has 4 aliphatic carbocycles. The molecule has 4 aromatic rings. The van der Waals surface area contributed by atoms with Crippen LogP contribution in [-0.4, -0.2) is 4.21 Å². The fraction of sp³-hybridized carbons (Fsp3) is 0.340. The summed E-state index contributed by atoms with van der Waals surface area (Å²) in [5, 5.41) is 2.62. The van der Waals surface area contributed by atoms with Gasteiger partial charge in [0, 0.05) is 0 Å². The van der Waals surface area contributed by atoms with Crippen LogP contribution in [-0.2, 0) is 35.5 Å². The molecule has 3 heteroatoms. The number of hydrogen-bond donors (Lipinski definition) is 0. The van der Waals surface area contributed by atoms with Gasteiger partial charge in [-0.1, -0.05) is 0 Å². The van der Waals surface area contributed by atoms with Crippen molar-refractivity contribution in [2.24, 2.45) is 11.3 Å². The van der Waals surface area contributed by atoms with Crippen molar-refractivity contribution < 1.29 is 18.3 Å². The van der Waals surface area contributed by atoms with Gasteiger partial charge in [-0.25, -0.2) is 0 Å². The Morgan fingerprint density at radius 1 is 0.760 bits per heavy atom. The third-order valence-corrected chi connectivity index (χ3v) is 28.7. The molecule has 1 unspecified atom stereocenters. The molecule has 0 nitrogen and oxygen atoms in total. The third kappa shape index (κ3) is 4.96. The van der Waals surface area contributed by atoms with Crippen molar-refractivity contribution in [3.63, 3.8) is 0 Å². The van der Waals surface area contributed by atoms with Gasteiger partial charge in [-0.15, -0.1) is 24.8 Å². The number of allylic oxidation sites excluding steroid dienone is 8. The van der Waals surface area contributed by atoms with Crippen LogP contribution in [0, 0.1) is 11.3 Å². The molecule has 0 heterocycles. The van der Waals surface area contributed by atoms with Crippen molar-refractivity contribution in [2.45, 2.75) is 91.1 Å². The van der Waals surface area contributed by atoms with E-state index in [1.807, 2.05) is 0 Å². The minimum atomic E-state index is -4.50. The molecular formula is C47H54Cl2Zr. The summed E-state index contributed by atoms with van der Waals surface area (Å²) in [7, 11) is 0. The maximum atomic E-state index is 5.66. The predicted molar refractivity (Wildman–Crippen MR) is 223 cm³/mol. The van der Waals surface area contributed by atoms with Crippen molar-refractivity contribution in [2.75, 3.05) is 0 Å². The summed E-state index contributed by atoms with van der Waals surface area (Å²) in [6.45, 7) is 24.0. The Morgan fingerprint density at radius 2 is 1.36 bits per heavy atom. The molecular weight excluding hydrogens is 727 g/mol. The summed E-state index contributed by atoms with van der Waals surface area (Å²) in [5.41, 5.74) is 16.1. The van der Waals surface area contributed by atoms with E-state index < -0.39 is 18.3 Å². The van der Waals surface area contributed by atoms with Gasteiger partial charge < -0.3 is 0 Å². The Hall–Kier alpha value is -2.57. The Kier molecular flexibility index (Phi) is 8.53. The third-order valence-electron chi connectivity index (χ3n) is 13.0. The molecule has 1 atom stereocenters. The second-order valence-corrected chi connectivity index (χ2v) is 32.2. The van der Waals surface area contributed by atoms with Gasteiger partial charge in [-0.3, -0.25) is 0 Å². The number of halogens is 2. The molecule has 0 bridgehead atoms. The molecule has 4 aromatic carbocycles. The van der Waals surface area contributed by atoms with Crippen LogP contribution in [0.2, 0.25) is 4.63 Å². The number of fused-ring (bicyclic) bond motifs is 6. The van der Waals surface area contributed by atoms with Crippen molar-refractivity contribution >= 4 is 54.2 Å². The molecule has 0 saturated heterocycles. The van der Waals surface area contributed by atoms with E-state index in [9.17, 15) is 0 Å². The second-order valence-electron chi connectivity index (χ2n) is 18.3. The average Bonchev–Trinajstić information content (AvgIpc) is 3.70. The van der Waals surface area contributed by atoms with Gasteiger partial charge in [0.15, 0.2) is 0 Å². The Morgan fingerprint density at radius 3 is 1.98 bits per heavy atom. The van der Waals surface area contributed by atoms with E-state index in [0.29, 0.717) is 5.92 Å². The van der Waals surface area contributed by atoms with Crippen molar-refractivity contribution in [3.05, 3.63) is 130 Å². The Labute approximate surface area is 314 Å². The van der Waals surface area contributed by atoms with Crippen LogP contribution < -0.4 is 3.27 Å². The van der Waals surface area contributed by atoms with E-state index >= 15 is 0 Å². The van der Waals surface area contributed by atoms with Gasteiger partial charge in [0.2, 0.25) is 0 Å². The molecule has 0 spiro atoms. The fourth-order valence-electron chi connectivity index (χ4n) is 10.8. The molecule has 0 saturated carbocycles. The zero-order valence-electron chi connectivity index (χ0n) is 31.9. The molecule has 0 aromatic heterocycles. The van der Waals surface area contributed by atoms with E-state index in [-0.39, 0.29) is 41.1 Å². The predicted octanol–water partition coefficient (Wildman–Crippen LogP) is 13.0. The molecule has 0 fully saturated rings. The van der Waals surface area contributed by atoms with Crippen molar-refractivity contribution in [3.8, 4) is 11.1 Å². The SMILES string of the molecule is Cl.Cl.[CH2]=[Zr]([CH3])([C]1=CC(C(C)(C)C)=CC1C)([C]1=C(C)c2cc3c(cc2C1(C)C)Cc1cc2c(cc1-3)C(C)=CC2(C)C)[c]1ccc2ccccc2c1. The Bertz CT molecular complexity index is 2350. The first-order valence-corrected chi connectivity index (χ1v) is 26.0. The van der Waals surface area contributed by atoms with Crippen molar-refractivity contribution in [1.29, 1.82) is 0 Å².